The molecular weight excluding hydrogens is 188 g/mol. The van der Waals surface area contributed by atoms with Gasteiger partial charge < -0.3 is 5.73 Å². The molecule has 0 radical (unpaired) electrons. The minimum atomic E-state index is -2.61. The van der Waals surface area contributed by atoms with Crippen molar-refractivity contribution in [2.45, 2.75) is 13.3 Å². The second-order valence-corrected chi connectivity index (χ2v) is 2.63. The smallest absolute Gasteiger partial charge is 0.257 e. The van der Waals surface area contributed by atoms with Crippen molar-refractivity contribution >= 4 is 28.8 Å². The molecule has 7 heteroatoms. The Morgan fingerprint density at radius 1 is 1.73 bits per heavy atom. The van der Waals surface area contributed by atoms with E-state index in [-0.39, 0.29) is 5.17 Å². The molecule has 11 heavy (non-hydrogen) atoms. The Bertz CT molecular complexity index is 157. The van der Waals surface area contributed by atoms with E-state index in [1.165, 1.54) is 0 Å². The molecule has 68 valence electrons. The highest BCUT2D eigenvalue weighted by Gasteiger charge is 1.79. The molecule has 0 atom stereocenters. The van der Waals surface area contributed by atoms with Gasteiger partial charge in [-0.25, -0.2) is 8.42 Å². The Kier molecular flexibility index (Phi) is 11.8. The largest absolute Gasteiger partial charge is 0.379 e. The average Bonchev–Trinajstić information content (AvgIpc) is 1.82. The maximum Gasteiger partial charge on any atom is 0.257 e. The molecule has 0 aromatic rings. The van der Waals surface area contributed by atoms with Crippen molar-refractivity contribution in [1.29, 1.82) is 5.41 Å². The first kappa shape index (κ1) is 13.3. The van der Waals surface area contributed by atoms with E-state index < -0.39 is 11.0 Å². The van der Waals surface area contributed by atoms with E-state index in [0.717, 1.165) is 6.42 Å². The number of nitrogens with two attached hydrogens (primary N) is 1. The Balaban J connectivity index is 0. The van der Waals surface area contributed by atoms with Crippen LogP contribution in [0, 0.1) is 5.41 Å². The molecule has 0 saturated carbocycles. The quantitative estimate of drug-likeness (QED) is 0.287. The third-order valence-electron chi connectivity index (χ3n) is 0.401. The first-order valence-electron chi connectivity index (χ1n) is 2.81. The number of hydrogen-bond acceptors (Lipinski definition) is 4. The van der Waals surface area contributed by atoms with Gasteiger partial charge in [-0.15, -0.1) is 12.6 Å². The lowest BCUT2D eigenvalue weighted by atomic mass is 10.5. The van der Waals surface area contributed by atoms with Crippen LogP contribution in [0.15, 0.2) is 0 Å². The Labute approximate surface area is 73.0 Å². The fourth-order valence-electron chi connectivity index (χ4n) is 0.166. The molecular formula is C4H12N2O3S2. The van der Waals surface area contributed by atoms with Crippen LogP contribution in [-0.4, -0.2) is 20.2 Å². The van der Waals surface area contributed by atoms with E-state index in [1.54, 1.807) is 0 Å². The van der Waals surface area contributed by atoms with Crippen molar-refractivity contribution in [2.75, 3.05) is 6.61 Å². The molecule has 0 fully saturated rings. The molecule has 0 unspecified atom stereocenters. The standard InChI is InChI=1S/C3H8O3S.CH4N2S/c1-2-3-6-7(4)5;2-1(3)4/h7H,2-3H2,1H3;(H4,2,3,4). The highest BCUT2D eigenvalue weighted by molar-refractivity contribution is 7.96. The summed E-state index contributed by atoms with van der Waals surface area (Å²) in [5.74, 6) is 0. The molecule has 0 aliphatic carbocycles. The van der Waals surface area contributed by atoms with Gasteiger partial charge in [0.25, 0.3) is 11.0 Å². The molecule has 0 aromatic carbocycles. The Hall–Kier alpha value is -0.270. The minimum absolute atomic E-state index is 0.139. The van der Waals surface area contributed by atoms with Crippen molar-refractivity contribution in [1.82, 2.24) is 0 Å². The number of rotatable bonds is 3. The van der Waals surface area contributed by atoms with Crippen LogP contribution in [0.2, 0.25) is 0 Å². The summed E-state index contributed by atoms with van der Waals surface area (Å²) < 4.78 is 23.3. The predicted octanol–water partition coefficient (Wildman–Crippen LogP) is -0.251. The molecule has 0 amide bonds. The fraction of sp³-hybridized carbons (Fsp3) is 0.750. The van der Waals surface area contributed by atoms with Crippen molar-refractivity contribution in [3.63, 3.8) is 0 Å². The summed E-state index contributed by atoms with van der Waals surface area (Å²) in [6, 6.07) is 0. The number of hydrogen-bond donors (Lipinski definition) is 4. The third-order valence-corrected chi connectivity index (χ3v) is 0.794. The first-order valence-corrected chi connectivity index (χ1v) is 4.35. The van der Waals surface area contributed by atoms with Crippen LogP contribution in [0.4, 0.5) is 0 Å². The summed E-state index contributed by atoms with van der Waals surface area (Å²) in [4.78, 5) is 0. The van der Waals surface area contributed by atoms with Crippen LogP contribution in [0.5, 0.6) is 0 Å². The summed E-state index contributed by atoms with van der Waals surface area (Å²) >= 11 is 3.33. The van der Waals surface area contributed by atoms with Gasteiger partial charge in [-0.1, -0.05) is 6.92 Å². The van der Waals surface area contributed by atoms with E-state index in [4.69, 9.17) is 5.41 Å². The molecule has 0 rings (SSSR count). The first-order chi connectivity index (χ1) is 5.00. The molecule has 0 saturated heterocycles. The summed E-state index contributed by atoms with van der Waals surface area (Å²) in [6.07, 6.45) is 0.739. The highest BCUT2D eigenvalue weighted by Crippen LogP contribution is 1.76. The maximum atomic E-state index is 9.57. The SMILES string of the molecule is CCCO[SH](=O)=O.N=C(N)S. The number of nitrogens with one attached hydrogen (secondary N) is 1. The molecule has 0 bridgehead atoms. The molecule has 0 aliphatic heterocycles. The third kappa shape index (κ3) is 41.8. The zero-order chi connectivity index (χ0) is 9.28. The number of amidine groups is 1. The molecule has 0 spiro atoms. The van der Waals surface area contributed by atoms with Gasteiger partial charge in [-0.2, -0.15) is 0 Å². The summed E-state index contributed by atoms with van der Waals surface area (Å²) in [6.45, 7) is 2.15. The van der Waals surface area contributed by atoms with Crippen molar-refractivity contribution in [3.8, 4) is 0 Å². The van der Waals surface area contributed by atoms with Crippen molar-refractivity contribution in [2.24, 2.45) is 5.73 Å². The van der Waals surface area contributed by atoms with Crippen LogP contribution in [0.3, 0.4) is 0 Å². The van der Waals surface area contributed by atoms with Crippen LogP contribution < -0.4 is 5.73 Å². The maximum absolute atomic E-state index is 9.57. The van der Waals surface area contributed by atoms with Crippen LogP contribution >= 0.6 is 12.6 Å². The van der Waals surface area contributed by atoms with Crippen molar-refractivity contribution < 1.29 is 12.6 Å². The van der Waals surface area contributed by atoms with E-state index >= 15 is 0 Å². The van der Waals surface area contributed by atoms with E-state index in [0.29, 0.717) is 6.61 Å². The lowest BCUT2D eigenvalue weighted by Crippen LogP contribution is -1.96. The normalized spacial score (nSPS) is 8.64. The molecule has 0 aliphatic rings. The van der Waals surface area contributed by atoms with Gasteiger partial charge in [0.15, 0.2) is 0 Å². The molecule has 0 aromatic heterocycles. The summed E-state index contributed by atoms with van der Waals surface area (Å²) in [5.41, 5.74) is 4.56. The fourth-order valence-corrected chi connectivity index (χ4v) is 0.497. The van der Waals surface area contributed by atoms with Gasteiger partial charge in [-0.05, 0) is 6.42 Å². The van der Waals surface area contributed by atoms with Crippen molar-refractivity contribution in [3.05, 3.63) is 0 Å². The Morgan fingerprint density at radius 3 is 2.18 bits per heavy atom. The van der Waals surface area contributed by atoms with Gasteiger partial charge in [0.2, 0.25) is 0 Å². The van der Waals surface area contributed by atoms with Gasteiger partial charge in [0, 0.05) is 0 Å². The number of thiol groups is 2. The summed E-state index contributed by atoms with van der Waals surface area (Å²) in [7, 11) is -2.61. The van der Waals surface area contributed by atoms with E-state index in [2.05, 4.69) is 22.5 Å². The molecule has 0 heterocycles. The van der Waals surface area contributed by atoms with Gasteiger partial charge in [0.1, 0.15) is 5.17 Å². The monoisotopic (exact) mass is 200 g/mol. The predicted molar refractivity (Wildman–Crippen MR) is 47.5 cm³/mol. The zero-order valence-electron chi connectivity index (χ0n) is 6.11. The lowest BCUT2D eigenvalue weighted by molar-refractivity contribution is 0.333. The zero-order valence-corrected chi connectivity index (χ0v) is 7.90. The topological polar surface area (TPSA) is 93.2 Å². The average molecular weight is 200 g/mol. The molecule has 5 nitrogen and oxygen atoms in total. The van der Waals surface area contributed by atoms with Crippen LogP contribution in [0.25, 0.3) is 0 Å². The summed E-state index contributed by atoms with van der Waals surface area (Å²) in [5, 5.41) is 6.00. The highest BCUT2D eigenvalue weighted by atomic mass is 32.2. The van der Waals surface area contributed by atoms with Gasteiger partial charge >= 0.3 is 0 Å². The van der Waals surface area contributed by atoms with Gasteiger partial charge in [-0.3, -0.25) is 9.59 Å². The second-order valence-electron chi connectivity index (χ2n) is 1.44. The lowest BCUT2D eigenvalue weighted by Gasteiger charge is -1.84. The minimum Gasteiger partial charge on any atom is -0.379 e. The van der Waals surface area contributed by atoms with Crippen LogP contribution in [0.1, 0.15) is 13.3 Å². The molecule has 3 N–H and O–H groups in total. The van der Waals surface area contributed by atoms with Gasteiger partial charge in [0.05, 0.1) is 6.61 Å². The Morgan fingerprint density at radius 2 is 2.09 bits per heavy atom. The van der Waals surface area contributed by atoms with E-state index in [1.807, 2.05) is 6.92 Å². The van der Waals surface area contributed by atoms with Crippen LogP contribution in [-0.2, 0) is 15.2 Å². The second kappa shape index (κ2) is 9.73. The van der Waals surface area contributed by atoms with E-state index in [9.17, 15) is 8.42 Å².